The van der Waals surface area contributed by atoms with E-state index in [4.69, 9.17) is 5.11 Å². The molecule has 1 aromatic carbocycles. The number of carbonyl (C=O) groups excluding carboxylic acids is 1. The number of rotatable bonds is 6. The van der Waals surface area contributed by atoms with E-state index in [1.165, 1.54) is 0 Å². The lowest BCUT2D eigenvalue weighted by Gasteiger charge is -1.99. The van der Waals surface area contributed by atoms with Crippen LogP contribution in [0.15, 0.2) is 30.3 Å². The summed E-state index contributed by atoms with van der Waals surface area (Å²) in [7, 11) is 0. The van der Waals surface area contributed by atoms with Gasteiger partial charge in [-0.25, -0.2) is 0 Å². The van der Waals surface area contributed by atoms with E-state index >= 15 is 0 Å². The second kappa shape index (κ2) is 5.96. The number of carbonyl (C=O) groups is 2. The van der Waals surface area contributed by atoms with Crippen LogP contribution in [0.5, 0.6) is 0 Å². The molecular weight excluding hydrogens is 192 g/mol. The third-order valence-electron chi connectivity index (χ3n) is 1.99. The predicted octanol–water partition coefficient (Wildman–Crippen LogP) is 2.33. The average molecular weight is 205 g/mol. The van der Waals surface area contributed by atoms with Crippen molar-refractivity contribution in [3.8, 4) is 0 Å². The molecule has 0 heterocycles. The Morgan fingerprint density at radius 1 is 1.20 bits per heavy atom. The van der Waals surface area contributed by atoms with Gasteiger partial charge >= 0.3 is 5.97 Å². The second-order valence-electron chi connectivity index (χ2n) is 3.21. The van der Waals surface area contributed by atoms with Gasteiger partial charge in [0.05, 0.1) is 0 Å². The Morgan fingerprint density at radius 2 is 1.87 bits per heavy atom. The smallest absolute Gasteiger partial charge is 0.303 e. The van der Waals surface area contributed by atoms with Gasteiger partial charge in [0.2, 0.25) is 0 Å². The first kappa shape index (κ1) is 11.4. The maximum atomic E-state index is 11.5. The summed E-state index contributed by atoms with van der Waals surface area (Å²) in [5.41, 5.74) is 0.670. The first-order valence-corrected chi connectivity index (χ1v) is 4.82. The van der Waals surface area contributed by atoms with Gasteiger partial charge in [0.25, 0.3) is 0 Å². The Kier molecular flexibility index (Phi) is 4.54. The molecule has 0 atom stereocenters. The standard InChI is InChI=1S/C12H13O3/c13-11(8-4-5-9-12(14)15)10-6-2-1-3-7-10/h1-4,6-7H,5,8-9H2,(H,14,15). The fourth-order valence-electron chi connectivity index (χ4n) is 1.20. The zero-order valence-corrected chi connectivity index (χ0v) is 8.35. The van der Waals surface area contributed by atoms with Crippen molar-refractivity contribution in [3.05, 3.63) is 42.3 Å². The quantitative estimate of drug-likeness (QED) is 0.572. The predicted molar refractivity (Wildman–Crippen MR) is 56.6 cm³/mol. The van der Waals surface area contributed by atoms with Crippen LogP contribution >= 0.6 is 0 Å². The molecule has 0 bridgehead atoms. The number of hydrogen-bond acceptors (Lipinski definition) is 2. The molecule has 79 valence electrons. The number of benzene rings is 1. The highest BCUT2D eigenvalue weighted by Crippen LogP contribution is 2.06. The summed E-state index contributed by atoms with van der Waals surface area (Å²) in [5.74, 6) is -0.806. The molecule has 0 spiro atoms. The van der Waals surface area contributed by atoms with E-state index in [1.807, 2.05) is 18.2 Å². The normalized spacial score (nSPS) is 9.87. The molecule has 1 rings (SSSR count). The fourth-order valence-corrected chi connectivity index (χ4v) is 1.20. The number of ketones is 1. The Morgan fingerprint density at radius 3 is 2.47 bits per heavy atom. The molecule has 0 aliphatic rings. The number of unbranched alkanes of at least 4 members (excludes halogenated alkanes) is 1. The van der Waals surface area contributed by atoms with E-state index < -0.39 is 5.97 Å². The number of carboxylic acids is 1. The van der Waals surface area contributed by atoms with Crippen LogP contribution < -0.4 is 0 Å². The van der Waals surface area contributed by atoms with Crippen molar-refractivity contribution < 1.29 is 14.7 Å². The molecule has 15 heavy (non-hydrogen) atoms. The number of aliphatic carboxylic acids is 1. The highest BCUT2D eigenvalue weighted by atomic mass is 16.4. The Bertz CT molecular complexity index is 330. The van der Waals surface area contributed by atoms with Gasteiger partial charge < -0.3 is 5.11 Å². The van der Waals surface area contributed by atoms with Crippen LogP contribution in [0, 0.1) is 6.42 Å². The molecule has 0 fully saturated rings. The number of hydrogen-bond donors (Lipinski definition) is 1. The summed E-state index contributed by atoms with van der Waals surface area (Å²) in [6, 6.07) is 8.99. The highest BCUT2D eigenvalue weighted by molar-refractivity contribution is 5.96. The van der Waals surface area contributed by atoms with Crippen molar-refractivity contribution in [2.75, 3.05) is 0 Å². The average Bonchev–Trinajstić information content (AvgIpc) is 2.25. The zero-order valence-electron chi connectivity index (χ0n) is 8.35. The molecule has 0 unspecified atom stereocenters. The molecule has 1 radical (unpaired) electrons. The first-order chi connectivity index (χ1) is 7.20. The molecule has 0 saturated carbocycles. The molecule has 1 aromatic rings. The van der Waals surface area contributed by atoms with Gasteiger partial charge in [-0.05, 0) is 12.8 Å². The van der Waals surface area contributed by atoms with Crippen LogP contribution in [-0.4, -0.2) is 16.9 Å². The minimum atomic E-state index is -0.835. The van der Waals surface area contributed by atoms with Crippen LogP contribution in [0.25, 0.3) is 0 Å². The highest BCUT2D eigenvalue weighted by Gasteiger charge is 2.05. The van der Waals surface area contributed by atoms with E-state index in [1.54, 1.807) is 18.6 Å². The first-order valence-electron chi connectivity index (χ1n) is 4.82. The molecule has 3 nitrogen and oxygen atoms in total. The third-order valence-corrected chi connectivity index (χ3v) is 1.99. The van der Waals surface area contributed by atoms with Crippen molar-refractivity contribution in [2.24, 2.45) is 0 Å². The maximum Gasteiger partial charge on any atom is 0.303 e. The third kappa shape index (κ3) is 4.40. The van der Waals surface area contributed by atoms with Gasteiger partial charge in [0, 0.05) is 18.4 Å². The molecular formula is C12H13O3. The maximum absolute atomic E-state index is 11.5. The second-order valence-corrected chi connectivity index (χ2v) is 3.21. The van der Waals surface area contributed by atoms with E-state index in [2.05, 4.69) is 0 Å². The Hall–Kier alpha value is -1.64. The molecule has 0 saturated heterocycles. The molecule has 0 amide bonds. The summed E-state index contributed by atoms with van der Waals surface area (Å²) in [6.07, 6.45) is 2.54. The minimum Gasteiger partial charge on any atom is -0.481 e. The number of Topliss-reactive ketones (excluding diaryl/α,β-unsaturated/α-hetero) is 1. The largest absolute Gasteiger partial charge is 0.481 e. The van der Waals surface area contributed by atoms with Crippen LogP contribution in [0.4, 0.5) is 0 Å². The van der Waals surface area contributed by atoms with Gasteiger partial charge in [-0.3, -0.25) is 9.59 Å². The lowest BCUT2D eigenvalue weighted by molar-refractivity contribution is -0.136. The van der Waals surface area contributed by atoms with E-state index in [9.17, 15) is 9.59 Å². The van der Waals surface area contributed by atoms with Crippen LogP contribution in [-0.2, 0) is 4.79 Å². The van der Waals surface area contributed by atoms with E-state index in [-0.39, 0.29) is 12.2 Å². The van der Waals surface area contributed by atoms with Gasteiger partial charge in [-0.1, -0.05) is 30.3 Å². The SMILES string of the molecule is O=C(O)CC[CH]CC(=O)c1ccccc1. The lowest BCUT2D eigenvalue weighted by atomic mass is 10.1. The summed E-state index contributed by atoms with van der Waals surface area (Å²) < 4.78 is 0. The topological polar surface area (TPSA) is 54.4 Å². The molecule has 3 heteroatoms. The summed E-state index contributed by atoms with van der Waals surface area (Å²) in [4.78, 5) is 21.7. The summed E-state index contributed by atoms with van der Waals surface area (Å²) in [6.45, 7) is 0. The van der Waals surface area contributed by atoms with Crippen LogP contribution in [0.3, 0.4) is 0 Å². The van der Waals surface area contributed by atoms with Crippen molar-refractivity contribution >= 4 is 11.8 Å². The Labute approximate surface area is 88.7 Å². The molecule has 0 aliphatic heterocycles. The summed E-state index contributed by atoms with van der Waals surface area (Å²) in [5, 5.41) is 8.39. The monoisotopic (exact) mass is 205 g/mol. The molecule has 0 aromatic heterocycles. The van der Waals surface area contributed by atoms with Gasteiger partial charge in [0.1, 0.15) is 0 Å². The molecule has 1 N–H and O–H groups in total. The van der Waals surface area contributed by atoms with Gasteiger partial charge in [-0.15, -0.1) is 0 Å². The van der Waals surface area contributed by atoms with Crippen molar-refractivity contribution in [1.82, 2.24) is 0 Å². The van der Waals surface area contributed by atoms with Crippen molar-refractivity contribution in [2.45, 2.75) is 19.3 Å². The summed E-state index contributed by atoms with van der Waals surface area (Å²) >= 11 is 0. The van der Waals surface area contributed by atoms with E-state index in [0.29, 0.717) is 18.4 Å². The zero-order chi connectivity index (χ0) is 11.1. The van der Waals surface area contributed by atoms with E-state index in [0.717, 1.165) is 0 Å². The lowest BCUT2D eigenvalue weighted by Crippen LogP contribution is -2.00. The molecule has 0 aliphatic carbocycles. The van der Waals surface area contributed by atoms with Crippen molar-refractivity contribution in [1.29, 1.82) is 0 Å². The minimum absolute atomic E-state index is 0.0287. The van der Waals surface area contributed by atoms with Crippen LogP contribution in [0.2, 0.25) is 0 Å². The van der Waals surface area contributed by atoms with Crippen LogP contribution in [0.1, 0.15) is 29.6 Å². The fraction of sp³-hybridized carbons (Fsp3) is 0.250. The van der Waals surface area contributed by atoms with Gasteiger partial charge in [0.15, 0.2) is 5.78 Å². The van der Waals surface area contributed by atoms with Crippen molar-refractivity contribution in [3.63, 3.8) is 0 Å². The number of carboxylic acid groups (broad SMARTS) is 1. The Balaban J connectivity index is 2.28. The van der Waals surface area contributed by atoms with Gasteiger partial charge in [-0.2, -0.15) is 0 Å².